The van der Waals surface area contributed by atoms with Gasteiger partial charge >= 0.3 is 5.97 Å². The molecule has 1 N–H and O–H groups in total. The zero-order valence-electron chi connectivity index (χ0n) is 15.6. The fourth-order valence-electron chi connectivity index (χ4n) is 2.47. The van der Waals surface area contributed by atoms with Crippen molar-refractivity contribution in [3.63, 3.8) is 0 Å². The molecule has 0 radical (unpaired) electrons. The lowest BCUT2D eigenvalue weighted by atomic mass is 10.3. The van der Waals surface area contributed by atoms with Crippen LogP contribution >= 0.6 is 11.3 Å². The van der Waals surface area contributed by atoms with E-state index in [1.807, 2.05) is 30.5 Å². The van der Waals surface area contributed by atoms with Crippen molar-refractivity contribution in [1.82, 2.24) is 4.98 Å². The Balaban J connectivity index is 1.53. The highest BCUT2D eigenvalue weighted by Crippen LogP contribution is 2.26. The van der Waals surface area contributed by atoms with Gasteiger partial charge in [0.25, 0.3) is 5.91 Å². The minimum absolute atomic E-state index is 0.0660. The van der Waals surface area contributed by atoms with Crippen molar-refractivity contribution in [3.8, 4) is 16.5 Å². The molecule has 0 spiro atoms. The molecule has 28 heavy (non-hydrogen) atoms. The van der Waals surface area contributed by atoms with Gasteiger partial charge in [0.1, 0.15) is 11.5 Å². The number of amides is 1. The Morgan fingerprint density at radius 1 is 1.21 bits per heavy atom. The molecule has 1 amide bonds. The fourth-order valence-corrected chi connectivity index (χ4v) is 3.12. The number of nitrogens with zero attached hydrogens (tertiary/aromatic N) is 1. The standard InChI is InChI=1S/C20H20N2O5S/c1-3-25-16-8-5-4-7-14(16)21-18(23)12-26-19(24)11-15-13(2)27-20(22-15)17-9-6-10-28-17/h4-10H,3,11-12H2,1-2H3,(H,21,23). The van der Waals surface area contributed by atoms with Gasteiger partial charge < -0.3 is 19.2 Å². The lowest BCUT2D eigenvalue weighted by Gasteiger charge is -2.11. The Hall–Kier alpha value is -3.13. The number of hydrogen-bond acceptors (Lipinski definition) is 7. The minimum Gasteiger partial charge on any atom is -0.492 e. The lowest BCUT2D eigenvalue weighted by molar-refractivity contribution is -0.146. The molecule has 2 heterocycles. The van der Waals surface area contributed by atoms with E-state index in [9.17, 15) is 9.59 Å². The van der Waals surface area contributed by atoms with E-state index in [2.05, 4.69) is 10.3 Å². The molecule has 1 aromatic carbocycles. The molecule has 7 nitrogen and oxygen atoms in total. The second kappa shape index (κ2) is 9.18. The number of anilines is 1. The molecular formula is C20H20N2O5S. The lowest BCUT2D eigenvalue weighted by Crippen LogP contribution is -2.22. The number of aromatic nitrogens is 1. The molecule has 0 unspecified atom stereocenters. The molecule has 0 aliphatic rings. The largest absolute Gasteiger partial charge is 0.492 e. The molecular weight excluding hydrogens is 380 g/mol. The summed E-state index contributed by atoms with van der Waals surface area (Å²) in [6, 6.07) is 10.9. The first-order chi connectivity index (χ1) is 13.6. The molecule has 3 aromatic rings. The SMILES string of the molecule is CCOc1ccccc1NC(=O)COC(=O)Cc1nc(-c2cccs2)oc1C. The summed E-state index contributed by atoms with van der Waals surface area (Å²) in [5.74, 6) is 0.582. The zero-order chi connectivity index (χ0) is 19.9. The van der Waals surface area contributed by atoms with Gasteiger partial charge in [-0.3, -0.25) is 9.59 Å². The number of hydrogen-bond donors (Lipinski definition) is 1. The number of carbonyl (C=O) groups is 2. The van der Waals surface area contributed by atoms with Gasteiger partial charge in [-0.2, -0.15) is 0 Å². The molecule has 3 rings (SSSR count). The first-order valence-corrected chi connectivity index (χ1v) is 9.62. The van der Waals surface area contributed by atoms with Crippen molar-refractivity contribution in [2.45, 2.75) is 20.3 Å². The van der Waals surface area contributed by atoms with Crippen LogP contribution in [0.3, 0.4) is 0 Å². The highest BCUT2D eigenvalue weighted by atomic mass is 32.1. The van der Waals surface area contributed by atoms with E-state index < -0.39 is 18.5 Å². The van der Waals surface area contributed by atoms with Gasteiger partial charge in [-0.25, -0.2) is 4.98 Å². The van der Waals surface area contributed by atoms with Gasteiger partial charge in [0.2, 0.25) is 5.89 Å². The van der Waals surface area contributed by atoms with Crippen LogP contribution in [0, 0.1) is 6.92 Å². The van der Waals surface area contributed by atoms with Crippen LogP contribution in [0.4, 0.5) is 5.69 Å². The summed E-state index contributed by atoms with van der Waals surface area (Å²) in [4.78, 5) is 29.4. The van der Waals surface area contributed by atoms with Crippen molar-refractivity contribution >= 4 is 28.9 Å². The normalized spacial score (nSPS) is 10.5. The molecule has 146 valence electrons. The first kappa shape index (κ1) is 19.6. The first-order valence-electron chi connectivity index (χ1n) is 8.74. The van der Waals surface area contributed by atoms with Crippen LogP contribution in [-0.2, 0) is 20.7 Å². The number of rotatable bonds is 8. The number of aryl methyl sites for hydroxylation is 1. The maximum absolute atomic E-state index is 12.1. The van der Waals surface area contributed by atoms with E-state index in [0.29, 0.717) is 35.4 Å². The van der Waals surface area contributed by atoms with Crippen LogP contribution in [0.15, 0.2) is 46.2 Å². The number of esters is 1. The van der Waals surface area contributed by atoms with Crippen LogP contribution < -0.4 is 10.1 Å². The van der Waals surface area contributed by atoms with Crippen molar-refractivity contribution < 1.29 is 23.5 Å². The van der Waals surface area contributed by atoms with Crippen LogP contribution in [0.5, 0.6) is 5.75 Å². The molecule has 0 fully saturated rings. The number of thiophene rings is 1. The van der Waals surface area contributed by atoms with Gasteiger partial charge in [-0.1, -0.05) is 18.2 Å². The molecule has 0 aliphatic heterocycles. The highest BCUT2D eigenvalue weighted by molar-refractivity contribution is 7.13. The number of oxazole rings is 1. The predicted octanol–water partition coefficient (Wildman–Crippen LogP) is 3.83. The van der Waals surface area contributed by atoms with Gasteiger partial charge in [0.15, 0.2) is 6.61 Å². The molecule has 0 saturated heterocycles. The quantitative estimate of drug-likeness (QED) is 0.578. The van der Waals surface area contributed by atoms with E-state index >= 15 is 0 Å². The Morgan fingerprint density at radius 2 is 2.04 bits per heavy atom. The maximum atomic E-state index is 12.1. The molecule has 8 heteroatoms. The van der Waals surface area contributed by atoms with Crippen LogP contribution in [0.1, 0.15) is 18.4 Å². The second-order valence-corrected chi connectivity index (χ2v) is 6.76. The number of benzene rings is 1. The van der Waals surface area contributed by atoms with Crippen LogP contribution in [0.2, 0.25) is 0 Å². The Morgan fingerprint density at radius 3 is 2.79 bits per heavy atom. The van der Waals surface area contributed by atoms with E-state index in [0.717, 1.165) is 4.88 Å². The topological polar surface area (TPSA) is 90.7 Å². The maximum Gasteiger partial charge on any atom is 0.312 e. The summed E-state index contributed by atoms with van der Waals surface area (Å²) >= 11 is 1.50. The number of carbonyl (C=O) groups excluding carboxylic acids is 2. The molecule has 2 aromatic heterocycles. The number of nitrogens with one attached hydrogen (secondary N) is 1. The van der Waals surface area contributed by atoms with Gasteiger partial charge in [-0.05, 0) is 37.4 Å². The Bertz CT molecular complexity index is 949. The smallest absolute Gasteiger partial charge is 0.312 e. The molecule has 0 bridgehead atoms. The summed E-state index contributed by atoms with van der Waals surface area (Å²) < 4.78 is 16.1. The van der Waals surface area contributed by atoms with Crippen LogP contribution in [0.25, 0.3) is 10.8 Å². The zero-order valence-corrected chi connectivity index (χ0v) is 16.4. The summed E-state index contributed by atoms with van der Waals surface area (Å²) in [5.41, 5.74) is 1.02. The average Bonchev–Trinajstić information content (AvgIpc) is 3.32. The van der Waals surface area contributed by atoms with E-state index in [1.165, 1.54) is 11.3 Å². The summed E-state index contributed by atoms with van der Waals surface area (Å²) in [5, 5.41) is 4.60. The van der Waals surface area contributed by atoms with Crippen molar-refractivity contribution in [2.24, 2.45) is 0 Å². The van der Waals surface area contributed by atoms with Crippen molar-refractivity contribution in [3.05, 3.63) is 53.2 Å². The molecule has 0 aliphatic carbocycles. The summed E-state index contributed by atoms with van der Waals surface area (Å²) in [6.45, 7) is 3.68. The number of para-hydroxylation sites is 2. The molecule has 0 saturated carbocycles. The monoisotopic (exact) mass is 400 g/mol. The molecule has 0 atom stereocenters. The van der Waals surface area contributed by atoms with Crippen molar-refractivity contribution in [1.29, 1.82) is 0 Å². The fraction of sp³-hybridized carbons (Fsp3) is 0.250. The van der Waals surface area contributed by atoms with Crippen molar-refractivity contribution in [2.75, 3.05) is 18.5 Å². The van der Waals surface area contributed by atoms with Gasteiger partial charge in [-0.15, -0.1) is 11.3 Å². The van der Waals surface area contributed by atoms with E-state index in [1.54, 1.807) is 25.1 Å². The third-order valence-electron chi connectivity index (χ3n) is 3.76. The number of ether oxygens (including phenoxy) is 2. The third kappa shape index (κ3) is 4.98. The summed E-state index contributed by atoms with van der Waals surface area (Å²) in [6.07, 6.45) is -0.0660. The van der Waals surface area contributed by atoms with E-state index in [4.69, 9.17) is 13.9 Å². The van der Waals surface area contributed by atoms with Crippen LogP contribution in [-0.4, -0.2) is 30.1 Å². The minimum atomic E-state index is -0.553. The second-order valence-electron chi connectivity index (χ2n) is 5.81. The van der Waals surface area contributed by atoms with Gasteiger partial charge in [0, 0.05) is 0 Å². The Kier molecular flexibility index (Phi) is 6.44. The average molecular weight is 400 g/mol. The third-order valence-corrected chi connectivity index (χ3v) is 4.62. The van der Waals surface area contributed by atoms with Gasteiger partial charge in [0.05, 0.1) is 29.3 Å². The predicted molar refractivity (Wildman–Crippen MR) is 105 cm³/mol. The summed E-state index contributed by atoms with van der Waals surface area (Å²) in [7, 11) is 0. The Labute approximate surface area is 166 Å². The van der Waals surface area contributed by atoms with E-state index in [-0.39, 0.29) is 6.42 Å². The highest BCUT2D eigenvalue weighted by Gasteiger charge is 2.17.